The van der Waals surface area contributed by atoms with Crippen LogP contribution in [-0.4, -0.2) is 48.4 Å². The number of hydrogen-bond donors (Lipinski definition) is 2. The number of carbonyl (C=O) groups is 1. The van der Waals surface area contributed by atoms with Gasteiger partial charge in [-0.05, 0) is 40.9 Å². The SMILES string of the molecule is COCCn1cc(C(c2cc(F)ccc2C#N)C(C)c2nc(C(=O)Nc3cnsc3)c(O)c(=O)n2C)cn1. The molecule has 0 saturated carbocycles. The molecule has 38 heavy (non-hydrogen) atoms. The molecule has 4 rings (SSSR count). The molecule has 3 aromatic heterocycles. The average molecular weight is 538 g/mol. The van der Waals surface area contributed by atoms with E-state index in [9.17, 15) is 24.3 Å². The number of aromatic nitrogens is 5. The van der Waals surface area contributed by atoms with Crippen molar-refractivity contribution in [2.75, 3.05) is 19.0 Å². The number of hydrogen-bond acceptors (Lipinski definition) is 9. The fourth-order valence-electron chi connectivity index (χ4n) is 4.26. The third-order valence-corrected chi connectivity index (χ3v) is 6.71. The van der Waals surface area contributed by atoms with Crippen LogP contribution in [0.1, 0.15) is 51.8 Å². The highest BCUT2D eigenvalue weighted by atomic mass is 32.1. The van der Waals surface area contributed by atoms with Crippen LogP contribution >= 0.6 is 11.5 Å². The maximum absolute atomic E-state index is 14.4. The van der Waals surface area contributed by atoms with Crippen molar-refractivity contribution in [3.05, 3.63) is 86.5 Å². The van der Waals surface area contributed by atoms with Crippen molar-refractivity contribution in [2.45, 2.75) is 25.3 Å². The summed E-state index contributed by atoms with van der Waals surface area (Å²) in [5.74, 6) is -3.35. The van der Waals surface area contributed by atoms with Gasteiger partial charge >= 0.3 is 0 Å². The predicted molar refractivity (Wildman–Crippen MR) is 137 cm³/mol. The largest absolute Gasteiger partial charge is 0.501 e. The number of aromatic hydroxyl groups is 1. The molecule has 2 atom stereocenters. The van der Waals surface area contributed by atoms with E-state index in [4.69, 9.17) is 4.74 Å². The van der Waals surface area contributed by atoms with Crippen LogP contribution in [-0.2, 0) is 18.3 Å². The van der Waals surface area contributed by atoms with Gasteiger partial charge in [0.05, 0.1) is 42.9 Å². The van der Waals surface area contributed by atoms with Gasteiger partial charge < -0.3 is 15.2 Å². The molecule has 3 heterocycles. The number of nitrogens with one attached hydrogen (secondary N) is 1. The van der Waals surface area contributed by atoms with Crippen molar-refractivity contribution >= 4 is 23.1 Å². The molecule has 1 aromatic carbocycles. The molecule has 196 valence electrons. The Kier molecular flexibility index (Phi) is 7.94. The Labute approximate surface area is 220 Å². The Hall–Kier alpha value is -4.41. The van der Waals surface area contributed by atoms with Crippen LogP contribution in [0.15, 0.2) is 47.0 Å². The third-order valence-electron chi connectivity index (χ3n) is 6.12. The second-order valence-electron chi connectivity index (χ2n) is 8.54. The van der Waals surface area contributed by atoms with Crippen molar-refractivity contribution in [1.29, 1.82) is 5.26 Å². The van der Waals surface area contributed by atoms with Gasteiger partial charge in [0, 0.05) is 37.6 Å². The lowest BCUT2D eigenvalue weighted by Crippen LogP contribution is -2.29. The molecule has 0 aliphatic carbocycles. The summed E-state index contributed by atoms with van der Waals surface area (Å²) in [5, 5.41) is 28.8. The van der Waals surface area contributed by atoms with Crippen molar-refractivity contribution < 1.29 is 19.0 Å². The molecule has 0 saturated heterocycles. The zero-order valence-corrected chi connectivity index (χ0v) is 21.6. The van der Waals surface area contributed by atoms with Gasteiger partial charge in [0.25, 0.3) is 11.5 Å². The number of methoxy groups -OCH3 is 1. The molecule has 4 aromatic rings. The second kappa shape index (κ2) is 11.3. The van der Waals surface area contributed by atoms with Gasteiger partial charge in [0.1, 0.15) is 11.6 Å². The van der Waals surface area contributed by atoms with Crippen LogP contribution < -0.4 is 10.9 Å². The number of nitriles is 1. The number of nitrogens with zero attached hydrogens (tertiary/aromatic N) is 6. The molecule has 0 aliphatic heterocycles. The summed E-state index contributed by atoms with van der Waals surface area (Å²) in [5.41, 5.74) is 0.327. The molecule has 13 heteroatoms. The average Bonchev–Trinajstić information content (AvgIpc) is 3.59. The summed E-state index contributed by atoms with van der Waals surface area (Å²) < 4.78 is 26.2. The number of ether oxygens (including phenoxy) is 1. The van der Waals surface area contributed by atoms with Crippen LogP contribution in [0.25, 0.3) is 0 Å². The smallest absolute Gasteiger partial charge is 0.296 e. The number of carbonyl (C=O) groups excluding carboxylic acids is 1. The zero-order chi connectivity index (χ0) is 27.4. The maximum Gasteiger partial charge on any atom is 0.296 e. The van der Waals surface area contributed by atoms with E-state index < -0.39 is 40.6 Å². The van der Waals surface area contributed by atoms with Gasteiger partial charge in [-0.25, -0.2) is 9.37 Å². The van der Waals surface area contributed by atoms with Crippen LogP contribution in [0.5, 0.6) is 5.75 Å². The van der Waals surface area contributed by atoms with E-state index in [0.717, 1.165) is 16.1 Å². The molecule has 1 amide bonds. The van der Waals surface area contributed by atoms with E-state index in [2.05, 4.69) is 25.8 Å². The molecule has 0 fully saturated rings. The van der Waals surface area contributed by atoms with Gasteiger partial charge in [0.2, 0.25) is 5.75 Å². The Balaban J connectivity index is 1.85. The van der Waals surface area contributed by atoms with E-state index in [1.54, 1.807) is 36.5 Å². The zero-order valence-electron chi connectivity index (χ0n) is 20.8. The summed E-state index contributed by atoms with van der Waals surface area (Å²) in [6.45, 7) is 2.62. The quantitative estimate of drug-likeness (QED) is 0.331. The highest BCUT2D eigenvalue weighted by Crippen LogP contribution is 2.39. The highest BCUT2D eigenvalue weighted by molar-refractivity contribution is 7.04. The predicted octanol–water partition coefficient (Wildman–Crippen LogP) is 2.98. The first-order valence-corrected chi connectivity index (χ1v) is 12.3. The second-order valence-corrected chi connectivity index (χ2v) is 9.20. The van der Waals surface area contributed by atoms with Crippen LogP contribution in [0.4, 0.5) is 10.1 Å². The monoisotopic (exact) mass is 537 g/mol. The van der Waals surface area contributed by atoms with Crippen molar-refractivity contribution in [3.8, 4) is 11.8 Å². The topological polar surface area (TPSA) is 148 Å². The lowest BCUT2D eigenvalue weighted by molar-refractivity contribution is 0.101. The van der Waals surface area contributed by atoms with Gasteiger partial charge in [-0.15, -0.1) is 0 Å². The number of anilines is 1. The minimum absolute atomic E-state index is 0.143. The first kappa shape index (κ1) is 26.6. The number of halogens is 1. The minimum Gasteiger partial charge on any atom is -0.501 e. The standard InChI is InChI=1S/C25H24FN7O4S/c1-14(23-31-21(22(34)25(36)32(23)2)24(35)30-18-11-29-38-13-18)20(16-10-28-33(12-16)6-7-37-3)19-8-17(26)5-4-15(19)9-27/h4-5,8,10-14,20,34H,6-7H2,1-3H3,(H,30,35). The Morgan fingerprint density at radius 2 is 2.16 bits per heavy atom. The fourth-order valence-corrected chi connectivity index (χ4v) is 4.72. The van der Waals surface area contributed by atoms with Crippen molar-refractivity contribution in [2.24, 2.45) is 7.05 Å². The maximum atomic E-state index is 14.4. The lowest BCUT2D eigenvalue weighted by Gasteiger charge is -2.26. The number of benzene rings is 1. The number of rotatable bonds is 9. The molecule has 0 radical (unpaired) electrons. The lowest BCUT2D eigenvalue weighted by atomic mass is 9.80. The van der Waals surface area contributed by atoms with E-state index >= 15 is 0 Å². The van der Waals surface area contributed by atoms with Crippen molar-refractivity contribution in [3.63, 3.8) is 0 Å². The summed E-state index contributed by atoms with van der Waals surface area (Å²) >= 11 is 1.12. The third kappa shape index (κ3) is 5.31. The molecular weight excluding hydrogens is 513 g/mol. The molecule has 2 N–H and O–H groups in total. The van der Waals surface area contributed by atoms with E-state index in [1.165, 1.54) is 31.4 Å². The first-order chi connectivity index (χ1) is 18.2. The molecule has 11 nitrogen and oxygen atoms in total. The van der Waals surface area contributed by atoms with E-state index in [-0.39, 0.29) is 11.4 Å². The van der Waals surface area contributed by atoms with Gasteiger partial charge in [-0.1, -0.05) is 6.92 Å². The van der Waals surface area contributed by atoms with Crippen molar-refractivity contribution in [1.82, 2.24) is 23.7 Å². The van der Waals surface area contributed by atoms with Gasteiger partial charge in [0.15, 0.2) is 5.69 Å². The van der Waals surface area contributed by atoms with Crippen LogP contribution in [0, 0.1) is 17.1 Å². The normalized spacial score (nSPS) is 12.6. The molecule has 0 spiro atoms. The molecular formula is C25H24FN7O4S. The summed E-state index contributed by atoms with van der Waals surface area (Å²) in [4.78, 5) is 30.2. The Morgan fingerprint density at radius 1 is 1.37 bits per heavy atom. The Bertz CT molecular complexity index is 1560. The van der Waals surface area contributed by atoms with Gasteiger partial charge in [-0.2, -0.15) is 14.7 Å². The molecule has 0 bridgehead atoms. The Morgan fingerprint density at radius 3 is 2.84 bits per heavy atom. The molecule has 2 unspecified atom stereocenters. The van der Waals surface area contributed by atoms with Gasteiger partial charge in [-0.3, -0.25) is 18.8 Å². The minimum atomic E-state index is -0.829. The summed E-state index contributed by atoms with van der Waals surface area (Å²) in [6, 6.07) is 5.95. The molecule has 0 aliphatic rings. The summed E-state index contributed by atoms with van der Waals surface area (Å²) in [6.07, 6.45) is 4.77. The fraction of sp³-hybridized carbons (Fsp3) is 0.280. The summed E-state index contributed by atoms with van der Waals surface area (Å²) in [7, 11) is 2.99. The van der Waals surface area contributed by atoms with Crippen LogP contribution in [0.3, 0.4) is 0 Å². The van der Waals surface area contributed by atoms with E-state index in [0.29, 0.717) is 30.0 Å². The number of amides is 1. The van der Waals surface area contributed by atoms with Crippen LogP contribution in [0.2, 0.25) is 0 Å². The highest BCUT2D eigenvalue weighted by Gasteiger charge is 2.32. The first-order valence-electron chi connectivity index (χ1n) is 11.5. The van der Waals surface area contributed by atoms with E-state index in [1.807, 2.05) is 0 Å².